The number of hydrogen-bond donors (Lipinski definition) is 2. The van der Waals surface area contributed by atoms with E-state index < -0.39 is 58.0 Å². The molecule has 0 spiro atoms. The summed E-state index contributed by atoms with van der Waals surface area (Å²) in [5.41, 5.74) is -1.97. The van der Waals surface area contributed by atoms with Gasteiger partial charge in [0.15, 0.2) is 23.3 Å². The normalized spacial score (nSPS) is 13.4. The lowest BCUT2D eigenvalue weighted by Crippen LogP contribution is -2.28. The fourth-order valence-corrected chi connectivity index (χ4v) is 3.71. The number of hydrogen-bond acceptors (Lipinski definition) is 5. The maximum absolute atomic E-state index is 14.0. The average Bonchev–Trinajstić information content (AvgIpc) is 3.26. The minimum Gasteiger partial charge on any atom is -0.444 e. The van der Waals surface area contributed by atoms with Crippen LogP contribution in [0.15, 0.2) is 28.7 Å². The minimum absolute atomic E-state index is 0.252. The molecular formula is C26H32BrF4N3O4. The van der Waals surface area contributed by atoms with Crippen LogP contribution in [0.25, 0.3) is 0 Å². The van der Waals surface area contributed by atoms with Crippen LogP contribution in [0.4, 0.5) is 44.2 Å². The highest BCUT2D eigenvalue weighted by molar-refractivity contribution is 9.10. The second-order valence-electron chi connectivity index (χ2n) is 10.5. The molecule has 2 aromatic rings. The molecule has 0 saturated carbocycles. The van der Waals surface area contributed by atoms with Gasteiger partial charge in [0.1, 0.15) is 22.6 Å². The van der Waals surface area contributed by atoms with Gasteiger partial charge in [-0.2, -0.15) is 0 Å². The van der Waals surface area contributed by atoms with Crippen molar-refractivity contribution < 1.29 is 36.6 Å². The molecule has 1 fully saturated rings. The Kier molecular flexibility index (Phi) is 10.4. The molecule has 3 rings (SSSR count). The number of amides is 2. The Hall–Kier alpha value is -3.02. The molecule has 0 aliphatic carbocycles. The van der Waals surface area contributed by atoms with Gasteiger partial charge in [-0.15, -0.1) is 0 Å². The number of ether oxygens (including phenoxy) is 2. The molecule has 1 heterocycles. The van der Waals surface area contributed by atoms with Crippen molar-refractivity contribution in [2.24, 2.45) is 0 Å². The number of benzene rings is 2. The van der Waals surface area contributed by atoms with Gasteiger partial charge in [0.25, 0.3) is 0 Å². The van der Waals surface area contributed by atoms with Gasteiger partial charge in [-0.05, 0) is 78.6 Å². The number of anilines is 3. The van der Waals surface area contributed by atoms with Gasteiger partial charge in [0, 0.05) is 23.2 Å². The maximum Gasteiger partial charge on any atom is 0.412 e. The van der Waals surface area contributed by atoms with Gasteiger partial charge < -0.3 is 14.4 Å². The standard InChI is InChI=1S/C15H20F2N2O2.C11H12BrF2NO2/c1-15(2,3)21-14(20)18-13-11(16)8-10(9-12(13)17)19-6-4-5-7-19;1-11(2,3)17-10(16)15-9-7(13)4-6(12)5-8(9)14/h8-9H,4-7H2,1-3H3,(H,18,20);4-5H,1-3H3,(H,15,16). The van der Waals surface area contributed by atoms with Gasteiger partial charge >= 0.3 is 12.2 Å². The van der Waals surface area contributed by atoms with Gasteiger partial charge in [-0.1, -0.05) is 15.9 Å². The van der Waals surface area contributed by atoms with Crippen molar-refractivity contribution in [1.29, 1.82) is 0 Å². The number of nitrogens with zero attached hydrogens (tertiary/aromatic N) is 1. The molecule has 210 valence electrons. The molecule has 38 heavy (non-hydrogen) atoms. The molecule has 7 nitrogen and oxygen atoms in total. The Morgan fingerprint density at radius 1 is 0.737 bits per heavy atom. The zero-order valence-corrected chi connectivity index (χ0v) is 23.7. The average molecular weight is 606 g/mol. The largest absolute Gasteiger partial charge is 0.444 e. The summed E-state index contributed by atoms with van der Waals surface area (Å²) < 4.78 is 64.9. The van der Waals surface area contributed by atoms with Gasteiger partial charge in [-0.25, -0.2) is 27.2 Å². The molecule has 0 aromatic heterocycles. The summed E-state index contributed by atoms with van der Waals surface area (Å²) in [6, 6.07) is 4.58. The van der Waals surface area contributed by atoms with Gasteiger partial charge in [0.05, 0.1) is 0 Å². The molecule has 2 amide bonds. The first kappa shape index (κ1) is 31.2. The van der Waals surface area contributed by atoms with E-state index in [0.717, 1.165) is 38.1 Å². The predicted octanol–water partition coefficient (Wildman–Crippen LogP) is 7.99. The summed E-state index contributed by atoms with van der Waals surface area (Å²) in [5, 5.41) is 4.15. The van der Waals surface area contributed by atoms with Crippen molar-refractivity contribution in [1.82, 2.24) is 0 Å². The summed E-state index contributed by atoms with van der Waals surface area (Å²) in [6.07, 6.45) is 0.245. The maximum atomic E-state index is 14.0. The zero-order valence-electron chi connectivity index (χ0n) is 22.1. The van der Waals surface area contributed by atoms with Crippen LogP contribution < -0.4 is 15.5 Å². The van der Waals surface area contributed by atoms with E-state index in [0.29, 0.717) is 5.69 Å². The Morgan fingerprint density at radius 2 is 1.08 bits per heavy atom. The van der Waals surface area contributed by atoms with Crippen LogP contribution in [0, 0.1) is 23.3 Å². The van der Waals surface area contributed by atoms with Crippen LogP contribution in [0.5, 0.6) is 0 Å². The smallest absolute Gasteiger partial charge is 0.412 e. The third-order valence-corrected chi connectivity index (χ3v) is 5.21. The topological polar surface area (TPSA) is 79.9 Å². The second kappa shape index (κ2) is 12.7. The summed E-state index contributed by atoms with van der Waals surface area (Å²) in [7, 11) is 0. The summed E-state index contributed by atoms with van der Waals surface area (Å²) >= 11 is 2.94. The van der Waals surface area contributed by atoms with Crippen LogP contribution in [0.3, 0.4) is 0 Å². The Balaban J connectivity index is 0.000000273. The highest BCUT2D eigenvalue weighted by Crippen LogP contribution is 2.28. The van der Waals surface area contributed by atoms with Crippen molar-refractivity contribution in [2.45, 2.75) is 65.6 Å². The number of carbonyl (C=O) groups excluding carboxylic acids is 2. The molecular weight excluding hydrogens is 574 g/mol. The lowest BCUT2D eigenvalue weighted by Gasteiger charge is -2.21. The molecule has 1 saturated heterocycles. The SMILES string of the molecule is CC(C)(C)OC(=O)Nc1c(F)cc(Br)cc1F.CC(C)(C)OC(=O)Nc1c(F)cc(N2CCCC2)cc1F. The monoisotopic (exact) mass is 605 g/mol. The first-order chi connectivity index (χ1) is 17.4. The quantitative estimate of drug-likeness (QED) is 0.347. The first-order valence-electron chi connectivity index (χ1n) is 11.8. The number of halogens is 5. The van der Waals surface area contributed by atoms with Crippen molar-refractivity contribution in [3.05, 3.63) is 52.0 Å². The van der Waals surface area contributed by atoms with E-state index >= 15 is 0 Å². The number of rotatable bonds is 3. The van der Waals surface area contributed by atoms with Crippen LogP contribution in [-0.2, 0) is 9.47 Å². The lowest BCUT2D eigenvalue weighted by molar-refractivity contribution is 0.0623. The van der Waals surface area contributed by atoms with Gasteiger partial charge in [-0.3, -0.25) is 10.6 Å². The van der Waals surface area contributed by atoms with Crippen molar-refractivity contribution in [2.75, 3.05) is 28.6 Å². The fourth-order valence-electron chi connectivity index (χ4n) is 3.31. The molecule has 0 atom stereocenters. The highest BCUT2D eigenvalue weighted by Gasteiger charge is 2.22. The third kappa shape index (κ3) is 10.0. The van der Waals surface area contributed by atoms with Crippen LogP contribution in [0.2, 0.25) is 0 Å². The molecule has 0 bridgehead atoms. The Morgan fingerprint density at radius 3 is 1.42 bits per heavy atom. The fraction of sp³-hybridized carbons (Fsp3) is 0.462. The molecule has 0 unspecified atom stereocenters. The lowest BCUT2D eigenvalue weighted by atomic mass is 10.2. The van der Waals surface area contributed by atoms with Gasteiger partial charge in [0.2, 0.25) is 0 Å². The van der Waals surface area contributed by atoms with E-state index in [1.54, 1.807) is 41.5 Å². The van der Waals surface area contributed by atoms with Crippen LogP contribution in [-0.4, -0.2) is 36.5 Å². The van der Waals surface area contributed by atoms with Crippen LogP contribution >= 0.6 is 15.9 Å². The second-order valence-corrected chi connectivity index (χ2v) is 11.4. The zero-order chi connectivity index (χ0) is 28.8. The molecule has 0 radical (unpaired) electrons. The Bertz CT molecular complexity index is 1110. The molecule has 1 aliphatic rings. The Labute approximate surface area is 228 Å². The summed E-state index contributed by atoms with van der Waals surface area (Å²) in [5.74, 6) is -3.35. The number of nitrogens with one attached hydrogen (secondary N) is 2. The van der Waals surface area contributed by atoms with E-state index in [2.05, 4.69) is 21.2 Å². The van der Waals surface area contributed by atoms with Crippen molar-refractivity contribution in [3.63, 3.8) is 0 Å². The summed E-state index contributed by atoms with van der Waals surface area (Å²) in [6.45, 7) is 11.6. The third-order valence-electron chi connectivity index (χ3n) is 4.76. The van der Waals surface area contributed by atoms with E-state index in [9.17, 15) is 27.2 Å². The van der Waals surface area contributed by atoms with E-state index in [1.165, 1.54) is 12.1 Å². The molecule has 1 aliphatic heterocycles. The molecule has 12 heteroatoms. The minimum atomic E-state index is -0.905. The van der Waals surface area contributed by atoms with Crippen molar-refractivity contribution in [3.8, 4) is 0 Å². The van der Waals surface area contributed by atoms with Crippen LogP contribution in [0.1, 0.15) is 54.4 Å². The van der Waals surface area contributed by atoms with E-state index in [4.69, 9.17) is 9.47 Å². The predicted molar refractivity (Wildman–Crippen MR) is 142 cm³/mol. The molecule has 2 aromatic carbocycles. The first-order valence-corrected chi connectivity index (χ1v) is 12.6. The van der Waals surface area contributed by atoms with E-state index in [1.807, 2.05) is 10.2 Å². The summed E-state index contributed by atoms with van der Waals surface area (Å²) in [4.78, 5) is 24.9. The molecule has 2 N–H and O–H groups in total. The van der Waals surface area contributed by atoms with E-state index in [-0.39, 0.29) is 4.47 Å². The van der Waals surface area contributed by atoms with Crippen molar-refractivity contribution >= 4 is 45.2 Å². The highest BCUT2D eigenvalue weighted by atomic mass is 79.9. The number of carbonyl (C=O) groups is 2.